The van der Waals surface area contributed by atoms with Gasteiger partial charge in [0.25, 0.3) is 0 Å². The van der Waals surface area contributed by atoms with Crippen LogP contribution < -0.4 is 0 Å². The molecular weight excluding hydrogens is 282 g/mol. The Labute approximate surface area is 132 Å². The van der Waals surface area contributed by atoms with Gasteiger partial charge in [-0.1, -0.05) is 0 Å². The smallest absolute Gasteiger partial charge is 0.410 e. The summed E-state index contributed by atoms with van der Waals surface area (Å²) in [7, 11) is 0. The molecule has 0 N–H and O–H groups in total. The Hall–Kier alpha value is -1.39. The highest BCUT2D eigenvalue weighted by Gasteiger charge is 2.42. The predicted molar refractivity (Wildman–Crippen MR) is 82.6 cm³/mol. The Morgan fingerprint density at radius 2 is 1.64 bits per heavy atom. The van der Waals surface area contributed by atoms with Crippen molar-refractivity contribution in [2.45, 2.75) is 77.4 Å². The van der Waals surface area contributed by atoms with E-state index in [9.17, 15) is 14.4 Å². The molecule has 1 amide bonds. The van der Waals surface area contributed by atoms with Crippen LogP contribution in [-0.2, 0) is 14.3 Å². The summed E-state index contributed by atoms with van der Waals surface area (Å²) in [5.74, 6) is -0.638. The Balaban J connectivity index is 2.19. The maximum atomic E-state index is 12.4. The number of ether oxygens (including phenoxy) is 1. The largest absolute Gasteiger partial charge is 0.444 e. The van der Waals surface area contributed by atoms with Gasteiger partial charge in [-0.15, -0.1) is 0 Å². The van der Waals surface area contributed by atoms with Crippen LogP contribution in [0, 0.1) is 5.92 Å². The second-order valence-corrected chi connectivity index (χ2v) is 7.35. The average molecular weight is 309 g/mol. The molecule has 0 bridgehead atoms. The third-order valence-corrected chi connectivity index (χ3v) is 4.35. The zero-order valence-corrected chi connectivity index (χ0v) is 13.9. The van der Waals surface area contributed by atoms with Crippen molar-refractivity contribution in [2.24, 2.45) is 5.92 Å². The van der Waals surface area contributed by atoms with Gasteiger partial charge in [0.05, 0.1) is 12.0 Å². The lowest BCUT2D eigenvalue weighted by molar-refractivity contribution is -0.135. The van der Waals surface area contributed by atoms with Gasteiger partial charge < -0.3 is 9.64 Å². The molecular formula is C17H27NO4. The molecule has 0 radical (unpaired) electrons. The van der Waals surface area contributed by atoms with Crippen LogP contribution in [0.4, 0.5) is 4.79 Å². The van der Waals surface area contributed by atoms with Crippen LogP contribution in [0.1, 0.15) is 65.7 Å². The summed E-state index contributed by atoms with van der Waals surface area (Å²) in [5.41, 5.74) is -0.573. The number of hydrogen-bond donors (Lipinski definition) is 0. The topological polar surface area (TPSA) is 63.7 Å². The molecule has 1 heterocycles. The van der Waals surface area contributed by atoms with E-state index in [4.69, 9.17) is 4.74 Å². The fourth-order valence-electron chi connectivity index (χ4n) is 3.37. The molecule has 1 atom stereocenters. The van der Waals surface area contributed by atoms with Crippen molar-refractivity contribution in [3.63, 3.8) is 0 Å². The molecule has 2 rings (SSSR count). The van der Waals surface area contributed by atoms with Crippen molar-refractivity contribution >= 4 is 17.7 Å². The SMILES string of the molecule is CC(C)(C)OC(=O)N1CCCCC1C1C(=O)CCCCC1=O. The van der Waals surface area contributed by atoms with E-state index in [2.05, 4.69) is 0 Å². The number of hydrogen-bond acceptors (Lipinski definition) is 4. The van der Waals surface area contributed by atoms with E-state index >= 15 is 0 Å². The predicted octanol–water partition coefficient (Wildman–Crippen LogP) is 3.10. The molecule has 5 nitrogen and oxygen atoms in total. The molecule has 0 aromatic carbocycles. The first-order valence-electron chi connectivity index (χ1n) is 8.34. The van der Waals surface area contributed by atoms with Gasteiger partial charge in [0.2, 0.25) is 0 Å². The number of amides is 1. The summed E-state index contributed by atoms with van der Waals surface area (Å²) in [6, 6.07) is -0.318. The zero-order chi connectivity index (χ0) is 16.3. The Morgan fingerprint density at radius 3 is 2.18 bits per heavy atom. The van der Waals surface area contributed by atoms with Crippen LogP contribution in [0.15, 0.2) is 0 Å². The fourth-order valence-corrected chi connectivity index (χ4v) is 3.37. The van der Waals surface area contributed by atoms with E-state index in [1.54, 1.807) is 4.90 Å². The third-order valence-electron chi connectivity index (χ3n) is 4.35. The van der Waals surface area contributed by atoms with Crippen LogP contribution in [0.2, 0.25) is 0 Å². The van der Waals surface area contributed by atoms with Gasteiger partial charge in [-0.25, -0.2) is 4.79 Å². The number of Topliss-reactive ketones (excluding diaryl/α,β-unsaturated/α-hetero) is 2. The standard InChI is InChI=1S/C17H27NO4/c1-17(2,3)22-16(21)18-11-7-6-8-12(18)15-13(19)9-4-5-10-14(15)20/h12,15H,4-11H2,1-3H3. The summed E-state index contributed by atoms with van der Waals surface area (Å²) in [4.78, 5) is 38.8. The lowest BCUT2D eigenvalue weighted by Gasteiger charge is -2.39. The first kappa shape index (κ1) is 17.0. The molecule has 1 saturated heterocycles. The second kappa shape index (κ2) is 6.80. The van der Waals surface area contributed by atoms with Crippen molar-refractivity contribution in [3.8, 4) is 0 Å². The first-order chi connectivity index (χ1) is 10.3. The minimum absolute atomic E-state index is 0.00274. The maximum absolute atomic E-state index is 12.4. The van der Waals surface area contributed by atoms with E-state index in [0.717, 1.165) is 25.7 Å². The van der Waals surface area contributed by atoms with Gasteiger partial charge in [0, 0.05) is 19.4 Å². The molecule has 1 aliphatic heterocycles. The summed E-state index contributed by atoms with van der Waals surface area (Å²) in [5, 5.41) is 0. The fraction of sp³-hybridized carbons (Fsp3) is 0.824. The molecule has 2 aliphatic rings. The third kappa shape index (κ3) is 4.08. The molecule has 2 fully saturated rings. The monoisotopic (exact) mass is 309 g/mol. The molecule has 0 spiro atoms. The number of carbonyl (C=O) groups is 3. The van der Waals surface area contributed by atoms with Crippen LogP contribution in [0.5, 0.6) is 0 Å². The number of carbonyl (C=O) groups excluding carboxylic acids is 3. The van der Waals surface area contributed by atoms with Crippen molar-refractivity contribution in [3.05, 3.63) is 0 Å². The molecule has 1 aliphatic carbocycles. The van der Waals surface area contributed by atoms with E-state index in [1.165, 1.54) is 0 Å². The second-order valence-electron chi connectivity index (χ2n) is 7.35. The summed E-state index contributed by atoms with van der Waals surface area (Å²) in [6.07, 6.45) is 4.61. The van der Waals surface area contributed by atoms with Crippen LogP contribution >= 0.6 is 0 Å². The van der Waals surface area contributed by atoms with E-state index in [1.807, 2.05) is 20.8 Å². The zero-order valence-electron chi connectivity index (χ0n) is 13.9. The Bertz CT molecular complexity index is 434. The lowest BCUT2D eigenvalue weighted by Crippen LogP contribution is -2.52. The molecule has 5 heteroatoms. The molecule has 124 valence electrons. The van der Waals surface area contributed by atoms with Gasteiger partial charge in [-0.3, -0.25) is 9.59 Å². The Morgan fingerprint density at radius 1 is 1.05 bits per heavy atom. The highest BCUT2D eigenvalue weighted by atomic mass is 16.6. The van der Waals surface area contributed by atoms with Crippen LogP contribution in [-0.4, -0.2) is 40.7 Å². The van der Waals surface area contributed by atoms with Gasteiger partial charge in [0.15, 0.2) is 0 Å². The summed E-state index contributed by atoms with van der Waals surface area (Å²) < 4.78 is 5.46. The lowest BCUT2D eigenvalue weighted by atomic mass is 9.84. The highest BCUT2D eigenvalue weighted by molar-refractivity contribution is 6.04. The summed E-state index contributed by atoms with van der Waals surface area (Å²) in [6.45, 7) is 6.04. The average Bonchev–Trinajstić information content (AvgIpc) is 2.58. The van der Waals surface area contributed by atoms with Crippen molar-refractivity contribution in [1.82, 2.24) is 4.90 Å². The normalized spacial score (nSPS) is 25.0. The van der Waals surface area contributed by atoms with Crippen LogP contribution in [0.3, 0.4) is 0 Å². The number of likely N-dealkylation sites (tertiary alicyclic amines) is 1. The number of nitrogens with zero attached hydrogens (tertiary/aromatic N) is 1. The van der Waals surface area contributed by atoms with Crippen molar-refractivity contribution < 1.29 is 19.1 Å². The summed E-state index contributed by atoms with van der Waals surface area (Å²) >= 11 is 0. The molecule has 1 unspecified atom stereocenters. The molecule has 0 aromatic rings. The molecule has 1 saturated carbocycles. The minimum Gasteiger partial charge on any atom is -0.444 e. The molecule has 22 heavy (non-hydrogen) atoms. The number of piperidine rings is 1. The Kier molecular flexibility index (Phi) is 5.24. The van der Waals surface area contributed by atoms with Gasteiger partial charge >= 0.3 is 6.09 Å². The highest BCUT2D eigenvalue weighted by Crippen LogP contribution is 2.30. The maximum Gasteiger partial charge on any atom is 0.410 e. The van der Waals surface area contributed by atoms with E-state index in [0.29, 0.717) is 25.8 Å². The van der Waals surface area contributed by atoms with Crippen molar-refractivity contribution in [1.29, 1.82) is 0 Å². The van der Waals surface area contributed by atoms with E-state index < -0.39 is 17.6 Å². The van der Waals surface area contributed by atoms with Gasteiger partial charge in [0.1, 0.15) is 17.2 Å². The minimum atomic E-state index is -0.643. The quantitative estimate of drug-likeness (QED) is 0.551. The first-order valence-corrected chi connectivity index (χ1v) is 8.34. The van der Waals surface area contributed by atoms with Gasteiger partial charge in [-0.05, 0) is 52.9 Å². The molecule has 0 aromatic heterocycles. The number of ketones is 2. The van der Waals surface area contributed by atoms with E-state index in [-0.39, 0.29) is 17.6 Å². The van der Waals surface area contributed by atoms with Crippen LogP contribution in [0.25, 0.3) is 0 Å². The van der Waals surface area contributed by atoms with Crippen molar-refractivity contribution in [2.75, 3.05) is 6.54 Å². The number of rotatable bonds is 1. The van der Waals surface area contributed by atoms with Gasteiger partial charge in [-0.2, -0.15) is 0 Å².